The van der Waals surface area contributed by atoms with Gasteiger partial charge in [0.05, 0.1) is 30.5 Å². The largest absolute Gasteiger partial charge is 0.444 e. The number of likely N-dealkylation sites (tertiary alicyclic amines) is 1. The van der Waals surface area contributed by atoms with Gasteiger partial charge < -0.3 is 24.7 Å². The number of amides is 1. The number of carbonyl (C=O) groups excluding carboxylic acids is 1. The van der Waals surface area contributed by atoms with Crippen LogP contribution >= 0.6 is 11.6 Å². The lowest BCUT2D eigenvalue weighted by Crippen LogP contribution is -2.57. The lowest BCUT2D eigenvalue weighted by atomic mass is 10.1. The Labute approximate surface area is 175 Å². The first-order valence-corrected chi connectivity index (χ1v) is 9.90. The zero-order valence-electron chi connectivity index (χ0n) is 15.8. The molecule has 1 atom stereocenters. The molecule has 2 aliphatic rings. The maximum Gasteiger partial charge on any atom is 0.410 e. The van der Waals surface area contributed by atoms with Crippen LogP contribution in [0.25, 0.3) is 22.4 Å². The highest BCUT2D eigenvalue weighted by Crippen LogP contribution is 2.28. The Morgan fingerprint density at radius 1 is 1.37 bits per heavy atom. The van der Waals surface area contributed by atoms with E-state index in [1.54, 1.807) is 17.2 Å². The van der Waals surface area contributed by atoms with Gasteiger partial charge in [-0.2, -0.15) is 0 Å². The lowest BCUT2D eigenvalue weighted by molar-refractivity contribution is 0.0375. The van der Waals surface area contributed by atoms with E-state index in [2.05, 4.69) is 25.3 Å². The van der Waals surface area contributed by atoms with Crippen LogP contribution in [0.3, 0.4) is 0 Å². The smallest absolute Gasteiger partial charge is 0.410 e. The zero-order chi connectivity index (χ0) is 20.7. The summed E-state index contributed by atoms with van der Waals surface area (Å²) in [6.07, 6.45) is 4.51. The number of aromatic amines is 1. The van der Waals surface area contributed by atoms with Crippen LogP contribution in [0.1, 0.15) is 6.42 Å². The minimum atomic E-state index is -0.570. The topological polar surface area (TPSA) is 105 Å². The average molecular weight is 433 g/mol. The van der Waals surface area contributed by atoms with Crippen LogP contribution in [0.4, 0.5) is 15.0 Å². The van der Waals surface area contributed by atoms with Crippen LogP contribution in [0.15, 0.2) is 24.7 Å². The monoisotopic (exact) mass is 432 g/mol. The average Bonchev–Trinajstić information content (AvgIpc) is 3.35. The second-order valence-electron chi connectivity index (χ2n) is 7.26. The van der Waals surface area contributed by atoms with Crippen molar-refractivity contribution in [3.63, 3.8) is 0 Å². The highest BCUT2D eigenvalue weighted by molar-refractivity contribution is 6.31. The number of halogens is 2. The molecule has 0 saturated carbocycles. The number of aromatic nitrogens is 4. The van der Waals surface area contributed by atoms with Gasteiger partial charge in [0.25, 0.3) is 0 Å². The number of pyridine rings is 1. The molecule has 2 saturated heterocycles. The summed E-state index contributed by atoms with van der Waals surface area (Å²) >= 11 is 6.04. The van der Waals surface area contributed by atoms with E-state index in [-0.39, 0.29) is 24.1 Å². The summed E-state index contributed by atoms with van der Waals surface area (Å²) in [4.78, 5) is 29.3. The van der Waals surface area contributed by atoms with Crippen LogP contribution < -0.4 is 5.32 Å². The van der Waals surface area contributed by atoms with Gasteiger partial charge in [-0.3, -0.25) is 0 Å². The number of H-pyrrole nitrogens is 1. The van der Waals surface area contributed by atoms with E-state index >= 15 is 0 Å². The molecular weight excluding hydrogens is 415 g/mol. The van der Waals surface area contributed by atoms with E-state index in [9.17, 15) is 9.18 Å². The second kappa shape index (κ2) is 7.69. The fourth-order valence-corrected chi connectivity index (χ4v) is 3.65. The van der Waals surface area contributed by atoms with Gasteiger partial charge in [0.2, 0.25) is 0 Å². The van der Waals surface area contributed by atoms with Gasteiger partial charge in [-0.05, 0) is 6.07 Å². The maximum absolute atomic E-state index is 14.3. The van der Waals surface area contributed by atoms with Crippen LogP contribution in [-0.2, 0) is 9.47 Å². The number of nitrogens with zero attached hydrogens (tertiary/aromatic N) is 4. The number of anilines is 1. The van der Waals surface area contributed by atoms with Crippen molar-refractivity contribution in [2.75, 3.05) is 31.6 Å². The van der Waals surface area contributed by atoms with Gasteiger partial charge in [0.15, 0.2) is 17.5 Å². The molecule has 2 aliphatic heterocycles. The van der Waals surface area contributed by atoms with Crippen molar-refractivity contribution in [1.29, 1.82) is 0 Å². The molecule has 0 aliphatic carbocycles. The second-order valence-corrected chi connectivity index (χ2v) is 7.69. The number of hydrogen-bond acceptors (Lipinski definition) is 7. The third-order valence-corrected chi connectivity index (χ3v) is 5.33. The molecule has 30 heavy (non-hydrogen) atoms. The Morgan fingerprint density at radius 3 is 3.03 bits per heavy atom. The molecule has 0 spiro atoms. The van der Waals surface area contributed by atoms with Crippen LogP contribution in [0.5, 0.6) is 0 Å². The van der Waals surface area contributed by atoms with Crippen molar-refractivity contribution in [2.24, 2.45) is 0 Å². The van der Waals surface area contributed by atoms with Crippen molar-refractivity contribution in [3.8, 4) is 11.4 Å². The lowest BCUT2D eigenvalue weighted by Gasteiger charge is -2.39. The SMILES string of the molecule is O=C(OC1CCOC1)N1CC(Nc2nc(-c3c[nH]c4ncc(Cl)cc34)ncc2F)C1. The molecule has 2 fully saturated rings. The van der Waals surface area contributed by atoms with E-state index in [1.807, 2.05) is 0 Å². The highest BCUT2D eigenvalue weighted by Gasteiger charge is 2.34. The molecule has 11 heteroatoms. The van der Waals surface area contributed by atoms with E-state index in [4.69, 9.17) is 21.1 Å². The third kappa shape index (κ3) is 3.63. The minimum Gasteiger partial charge on any atom is -0.444 e. The number of rotatable bonds is 4. The molecular formula is C19H18ClFN6O3. The van der Waals surface area contributed by atoms with Crippen molar-refractivity contribution in [2.45, 2.75) is 18.6 Å². The first kappa shape index (κ1) is 19.0. The van der Waals surface area contributed by atoms with Crippen molar-refractivity contribution < 1.29 is 18.7 Å². The molecule has 0 bridgehead atoms. The quantitative estimate of drug-likeness (QED) is 0.653. The summed E-state index contributed by atoms with van der Waals surface area (Å²) in [6, 6.07) is 1.62. The van der Waals surface area contributed by atoms with Gasteiger partial charge in [-0.15, -0.1) is 0 Å². The first-order valence-electron chi connectivity index (χ1n) is 9.52. The summed E-state index contributed by atoms with van der Waals surface area (Å²) in [7, 11) is 0. The molecule has 1 unspecified atom stereocenters. The number of nitrogens with one attached hydrogen (secondary N) is 2. The molecule has 1 amide bonds. The minimum absolute atomic E-state index is 0.0755. The van der Waals surface area contributed by atoms with Crippen molar-refractivity contribution in [1.82, 2.24) is 24.8 Å². The van der Waals surface area contributed by atoms with Crippen LogP contribution in [0.2, 0.25) is 5.02 Å². The predicted molar refractivity (Wildman–Crippen MR) is 107 cm³/mol. The number of fused-ring (bicyclic) bond motifs is 1. The van der Waals surface area contributed by atoms with E-state index in [0.717, 1.165) is 11.6 Å². The predicted octanol–water partition coefficient (Wildman–Crippen LogP) is 2.83. The van der Waals surface area contributed by atoms with Crippen molar-refractivity contribution in [3.05, 3.63) is 35.5 Å². The van der Waals surface area contributed by atoms with E-state index in [1.165, 1.54) is 6.20 Å². The Balaban J connectivity index is 1.27. The number of ether oxygens (including phenoxy) is 2. The highest BCUT2D eigenvalue weighted by atomic mass is 35.5. The van der Waals surface area contributed by atoms with Gasteiger partial charge in [-0.1, -0.05) is 11.6 Å². The Kier molecular flexibility index (Phi) is 4.87. The van der Waals surface area contributed by atoms with Crippen molar-refractivity contribution >= 4 is 34.5 Å². The van der Waals surface area contributed by atoms with E-state index in [0.29, 0.717) is 54.8 Å². The summed E-state index contributed by atoms with van der Waals surface area (Å²) in [5.74, 6) is -0.156. The molecule has 5 rings (SSSR count). The molecule has 0 aromatic carbocycles. The first-order chi connectivity index (χ1) is 14.6. The molecule has 5 heterocycles. The molecule has 156 valence electrons. The van der Waals surface area contributed by atoms with Gasteiger partial charge in [0.1, 0.15) is 11.8 Å². The third-order valence-electron chi connectivity index (χ3n) is 5.12. The molecule has 2 N–H and O–H groups in total. The Bertz CT molecular complexity index is 1100. The maximum atomic E-state index is 14.3. The summed E-state index contributed by atoms with van der Waals surface area (Å²) in [6.45, 7) is 1.84. The number of carbonyl (C=O) groups is 1. The summed E-state index contributed by atoms with van der Waals surface area (Å²) < 4.78 is 24.9. The van der Waals surface area contributed by atoms with Gasteiger partial charge in [0, 0.05) is 42.9 Å². The Morgan fingerprint density at radius 2 is 2.23 bits per heavy atom. The van der Waals surface area contributed by atoms with Crippen LogP contribution in [-0.4, -0.2) is 69.4 Å². The molecule has 0 radical (unpaired) electrons. The molecule has 3 aromatic rings. The fourth-order valence-electron chi connectivity index (χ4n) is 3.50. The Hall–Kier alpha value is -2.98. The van der Waals surface area contributed by atoms with Gasteiger partial charge in [-0.25, -0.2) is 24.1 Å². The van der Waals surface area contributed by atoms with Gasteiger partial charge >= 0.3 is 6.09 Å². The molecule has 9 nitrogen and oxygen atoms in total. The molecule has 3 aromatic heterocycles. The standard InChI is InChI=1S/C19H18ClFN6O3/c20-10-3-13-14(5-23-16(13)22-4-10)17-24-6-15(21)18(26-17)25-11-7-27(8-11)19(28)30-12-1-2-29-9-12/h3-6,11-12H,1-2,7-9H2,(H,22,23)(H,24,25,26). The number of hydrogen-bond donors (Lipinski definition) is 2. The summed E-state index contributed by atoms with van der Waals surface area (Å²) in [5, 5.41) is 4.26. The summed E-state index contributed by atoms with van der Waals surface area (Å²) in [5.41, 5.74) is 1.30. The normalized spacial score (nSPS) is 19.1. The van der Waals surface area contributed by atoms with E-state index < -0.39 is 5.82 Å². The fraction of sp³-hybridized carbons (Fsp3) is 0.368. The zero-order valence-corrected chi connectivity index (χ0v) is 16.5. The van der Waals surface area contributed by atoms with Crippen LogP contribution in [0, 0.1) is 5.82 Å².